The predicted molar refractivity (Wildman–Crippen MR) is 127 cm³/mol. The van der Waals surface area contributed by atoms with E-state index in [1.807, 2.05) is 48.5 Å². The number of hydrogen-bond acceptors (Lipinski definition) is 2. The van der Waals surface area contributed by atoms with Crippen molar-refractivity contribution in [1.82, 2.24) is 14.8 Å². The molecule has 5 heteroatoms. The minimum Gasteiger partial charge on any atom is -0.353 e. The lowest BCUT2D eigenvalue weighted by Gasteiger charge is -2.55. The van der Waals surface area contributed by atoms with Crippen molar-refractivity contribution < 1.29 is 9.59 Å². The zero-order valence-electron chi connectivity index (χ0n) is 19.6. The number of nitrogens with one attached hydrogen (secondary N) is 1. The number of likely N-dealkylation sites (tertiary alicyclic amines) is 1. The quantitative estimate of drug-likeness (QED) is 0.716. The molecule has 2 heterocycles. The largest absolute Gasteiger partial charge is 0.353 e. The van der Waals surface area contributed by atoms with E-state index in [-0.39, 0.29) is 23.3 Å². The van der Waals surface area contributed by atoms with E-state index in [2.05, 4.69) is 16.0 Å². The third-order valence-corrected chi connectivity index (χ3v) is 9.01. The molecule has 1 N–H and O–H groups in total. The smallest absolute Gasteiger partial charge is 0.254 e. The van der Waals surface area contributed by atoms with Crippen LogP contribution in [-0.4, -0.2) is 27.8 Å². The molecule has 1 aromatic heterocycles. The fourth-order valence-electron chi connectivity index (χ4n) is 7.83. The monoisotopic (exact) mass is 445 g/mol. The number of nitrogens with zero attached hydrogens (tertiary/aromatic N) is 2. The fourth-order valence-corrected chi connectivity index (χ4v) is 7.83. The van der Waals surface area contributed by atoms with Crippen molar-refractivity contribution in [3.05, 3.63) is 59.4 Å². The lowest BCUT2D eigenvalue weighted by atomic mass is 9.49. The van der Waals surface area contributed by atoms with Gasteiger partial charge in [-0.1, -0.05) is 12.1 Å². The molecule has 4 aliphatic carbocycles. The van der Waals surface area contributed by atoms with Gasteiger partial charge >= 0.3 is 0 Å². The van der Waals surface area contributed by atoms with Gasteiger partial charge in [0.25, 0.3) is 5.91 Å². The van der Waals surface area contributed by atoms with Crippen LogP contribution in [0.4, 0.5) is 0 Å². The molecule has 5 fully saturated rings. The minimum atomic E-state index is -0.105. The van der Waals surface area contributed by atoms with Gasteiger partial charge in [0.15, 0.2) is 0 Å². The summed E-state index contributed by atoms with van der Waals surface area (Å²) >= 11 is 0. The molecule has 1 atom stereocenters. The van der Waals surface area contributed by atoms with E-state index < -0.39 is 0 Å². The molecule has 0 spiro atoms. The number of hydrogen-bond donors (Lipinski definition) is 1. The number of rotatable bonds is 5. The highest BCUT2D eigenvalue weighted by Gasteiger charge is 2.54. The Balaban J connectivity index is 1.09. The van der Waals surface area contributed by atoms with Crippen LogP contribution in [0.1, 0.15) is 79.0 Å². The van der Waals surface area contributed by atoms with Crippen molar-refractivity contribution in [2.24, 2.45) is 30.2 Å². The molecule has 2 amide bonds. The van der Waals surface area contributed by atoms with Gasteiger partial charge in [-0.15, -0.1) is 0 Å². The van der Waals surface area contributed by atoms with Gasteiger partial charge in [0, 0.05) is 43.0 Å². The van der Waals surface area contributed by atoms with Crippen LogP contribution in [0, 0.1) is 23.2 Å². The molecular formula is C28H35N3O2. The lowest BCUT2D eigenvalue weighted by molar-refractivity contribution is -0.146. The Kier molecular flexibility index (Phi) is 5.11. The van der Waals surface area contributed by atoms with Gasteiger partial charge in [0.1, 0.15) is 0 Å². The summed E-state index contributed by atoms with van der Waals surface area (Å²) in [5.74, 6) is 2.69. The first-order valence-electron chi connectivity index (χ1n) is 12.8. The lowest BCUT2D eigenvalue weighted by Crippen LogP contribution is -2.53. The molecule has 4 bridgehead atoms. The van der Waals surface area contributed by atoms with Gasteiger partial charge in [0.2, 0.25) is 5.91 Å². The van der Waals surface area contributed by atoms with E-state index in [0.29, 0.717) is 6.54 Å². The zero-order chi connectivity index (χ0) is 22.6. The number of aryl methyl sites for hydroxylation is 1. The van der Waals surface area contributed by atoms with Crippen LogP contribution in [0.2, 0.25) is 0 Å². The standard InChI is InChI=1S/C28H35N3O2/c1-30-10-2-4-24(30)25-5-3-11-31(25)26(32)23-8-6-19(7-9-23)18-29-27(33)28-15-20-12-21(16-28)14-22(13-20)17-28/h2,4,6-10,20-22,25H,3,5,11-18H2,1H3,(H,29,33). The second kappa shape index (κ2) is 8.03. The third kappa shape index (κ3) is 3.70. The van der Waals surface area contributed by atoms with Crippen LogP contribution >= 0.6 is 0 Å². The molecule has 1 saturated heterocycles. The second-order valence-electron chi connectivity index (χ2n) is 11.3. The van der Waals surface area contributed by atoms with Crippen LogP contribution in [0.3, 0.4) is 0 Å². The van der Waals surface area contributed by atoms with Crippen molar-refractivity contribution in [3.63, 3.8) is 0 Å². The van der Waals surface area contributed by atoms with Crippen LogP contribution in [-0.2, 0) is 18.4 Å². The average Bonchev–Trinajstić information content (AvgIpc) is 3.45. The van der Waals surface area contributed by atoms with Crippen LogP contribution < -0.4 is 5.32 Å². The number of amides is 2. The van der Waals surface area contributed by atoms with Gasteiger partial charge < -0.3 is 14.8 Å². The third-order valence-electron chi connectivity index (χ3n) is 9.01. The van der Waals surface area contributed by atoms with E-state index >= 15 is 0 Å². The summed E-state index contributed by atoms with van der Waals surface area (Å²) in [4.78, 5) is 28.5. The summed E-state index contributed by atoms with van der Waals surface area (Å²) in [5, 5.41) is 3.25. The first kappa shape index (κ1) is 21.0. The fraction of sp³-hybridized carbons (Fsp3) is 0.571. The summed E-state index contributed by atoms with van der Waals surface area (Å²) in [6.07, 6.45) is 11.4. The highest BCUT2D eigenvalue weighted by atomic mass is 16.2. The predicted octanol–water partition coefficient (Wildman–Crippen LogP) is 4.84. The van der Waals surface area contributed by atoms with Crippen LogP contribution in [0.25, 0.3) is 0 Å². The Morgan fingerprint density at radius 3 is 2.27 bits per heavy atom. The van der Waals surface area contributed by atoms with Crippen LogP contribution in [0.5, 0.6) is 0 Å². The molecule has 5 nitrogen and oxygen atoms in total. The van der Waals surface area contributed by atoms with Gasteiger partial charge in [-0.05, 0) is 98.9 Å². The molecule has 5 aliphatic rings. The first-order chi connectivity index (χ1) is 16.0. The summed E-state index contributed by atoms with van der Waals surface area (Å²) in [5.41, 5.74) is 2.88. The van der Waals surface area contributed by atoms with Crippen molar-refractivity contribution in [3.8, 4) is 0 Å². The molecule has 33 heavy (non-hydrogen) atoms. The Hall–Kier alpha value is -2.56. The molecule has 1 unspecified atom stereocenters. The maximum Gasteiger partial charge on any atom is 0.254 e. The molecular weight excluding hydrogens is 410 g/mol. The van der Waals surface area contributed by atoms with Gasteiger partial charge in [0.05, 0.1) is 6.04 Å². The number of aromatic nitrogens is 1. The highest BCUT2D eigenvalue weighted by molar-refractivity contribution is 5.94. The Morgan fingerprint density at radius 1 is 1.00 bits per heavy atom. The maximum atomic E-state index is 13.2. The van der Waals surface area contributed by atoms with E-state index in [9.17, 15) is 9.59 Å². The van der Waals surface area contributed by atoms with Gasteiger partial charge in [-0.25, -0.2) is 0 Å². The molecule has 1 aliphatic heterocycles. The molecule has 2 aromatic rings. The Labute approximate surface area is 196 Å². The maximum absolute atomic E-state index is 13.2. The summed E-state index contributed by atoms with van der Waals surface area (Å²) < 4.78 is 2.12. The molecule has 4 saturated carbocycles. The molecule has 0 radical (unpaired) electrons. The minimum absolute atomic E-state index is 0.0999. The normalized spacial score (nSPS) is 32.3. The highest BCUT2D eigenvalue weighted by Crippen LogP contribution is 2.60. The molecule has 1 aromatic carbocycles. The Morgan fingerprint density at radius 2 is 1.67 bits per heavy atom. The summed E-state index contributed by atoms with van der Waals surface area (Å²) in [6, 6.07) is 12.2. The van der Waals surface area contributed by atoms with Crippen LogP contribution in [0.15, 0.2) is 42.6 Å². The van der Waals surface area contributed by atoms with Crippen molar-refractivity contribution in [2.45, 2.75) is 64.0 Å². The van der Waals surface area contributed by atoms with E-state index in [1.54, 1.807) is 0 Å². The van der Waals surface area contributed by atoms with Gasteiger partial charge in [-0.3, -0.25) is 9.59 Å². The van der Waals surface area contributed by atoms with E-state index in [4.69, 9.17) is 0 Å². The van der Waals surface area contributed by atoms with Gasteiger partial charge in [-0.2, -0.15) is 0 Å². The van der Waals surface area contributed by atoms with E-state index in [0.717, 1.165) is 67.5 Å². The number of carbonyl (C=O) groups is 2. The zero-order valence-corrected chi connectivity index (χ0v) is 19.6. The Bertz CT molecular complexity index is 1020. The van der Waals surface area contributed by atoms with Crippen molar-refractivity contribution in [1.29, 1.82) is 0 Å². The summed E-state index contributed by atoms with van der Waals surface area (Å²) in [7, 11) is 2.04. The number of carbonyl (C=O) groups excluding carboxylic acids is 2. The average molecular weight is 446 g/mol. The summed E-state index contributed by atoms with van der Waals surface area (Å²) in [6.45, 7) is 1.35. The second-order valence-corrected chi connectivity index (χ2v) is 11.3. The molecule has 7 rings (SSSR count). The topological polar surface area (TPSA) is 54.3 Å². The molecule has 174 valence electrons. The van der Waals surface area contributed by atoms with Crippen molar-refractivity contribution in [2.75, 3.05) is 6.54 Å². The van der Waals surface area contributed by atoms with Crippen molar-refractivity contribution >= 4 is 11.8 Å². The first-order valence-corrected chi connectivity index (χ1v) is 12.8. The van der Waals surface area contributed by atoms with E-state index in [1.165, 1.54) is 25.0 Å². The number of benzene rings is 1. The SMILES string of the molecule is Cn1cccc1C1CCCN1C(=O)c1ccc(CNC(=O)C23CC4CC(CC(C4)C2)C3)cc1.